The average Bonchev–Trinajstić information content (AvgIpc) is 3.12. The van der Waals surface area contributed by atoms with Gasteiger partial charge in [-0.05, 0) is 38.5 Å². The fraction of sp³-hybridized carbons (Fsp3) is 0.353. The van der Waals surface area contributed by atoms with Gasteiger partial charge in [0.25, 0.3) is 5.91 Å². The second-order valence-electron chi connectivity index (χ2n) is 5.75. The second-order valence-corrected chi connectivity index (χ2v) is 5.75. The van der Waals surface area contributed by atoms with Gasteiger partial charge >= 0.3 is 0 Å². The lowest BCUT2D eigenvalue weighted by atomic mass is 10.2. The summed E-state index contributed by atoms with van der Waals surface area (Å²) >= 11 is 0. The molecule has 2 N–H and O–H groups in total. The minimum absolute atomic E-state index is 0.252. The number of aromatic nitrogens is 4. The van der Waals surface area contributed by atoms with Gasteiger partial charge in [-0.1, -0.05) is 12.1 Å². The lowest BCUT2D eigenvalue weighted by molar-refractivity contribution is -0.126. The number of anilines is 1. The lowest BCUT2D eigenvalue weighted by Crippen LogP contribution is -2.27. The Labute approximate surface area is 144 Å². The van der Waals surface area contributed by atoms with Gasteiger partial charge in [0.05, 0.1) is 17.6 Å². The number of benzene rings is 1. The van der Waals surface area contributed by atoms with Crippen LogP contribution in [0.15, 0.2) is 24.3 Å². The Kier molecular flexibility index (Phi) is 4.80. The molecule has 0 aliphatic rings. The first kappa shape index (κ1) is 17.1. The zero-order valence-electron chi connectivity index (χ0n) is 14.3. The number of hydrogen-bond acceptors (Lipinski definition) is 4. The van der Waals surface area contributed by atoms with E-state index < -0.39 is 6.10 Å². The predicted molar refractivity (Wildman–Crippen MR) is 91.8 cm³/mol. The molecule has 0 unspecified atom stereocenters. The third-order valence-electron chi connectivity index (χ3n) is 3.90. The Morgan fingerprint density at radius 2 is 2.12 bits per heavy atom. The fourth-order valence-electron chi connectivity index (χ4n) is 2.65. The van der Waals surface area contributed by atoms with Gasteiger partial charge in [0.15, 0.2) is 5.65 Å². The van der Waals surface area contributed by atoms with Gasteiger partial charge < -0.3 is 10.1 Å². The van der Waals surface area contributed by atoms with E-state index in [0.29, 0.717) is 24.6 Å². The number of ether oxygens (including phenoxy) is 1. The number of nitrogens with one attached hydrogen (secondary N) is 2. The SMILES string of the molecule is CCO[C@H](C)C(=O)Nc1[nH]nc2c1c(C)nn2Cc1ccc(F)cc1. The topological polar surface area (TPSA) is 84.8 Å². The molecule has 0 aliphatic carbocycles. The number of hydrogen-bond donors (Lipinski definition) is 2. The molecule has 0 aliphatic heterocycles. The van der Waals surface area contributed by atoms with Crippen molar-refractivity contribution in [2.45, 2.75) is 33.4 Å². The number of aromatic amines is 1. The van der Waals surface area contributed by atoms with Gasteiger partial charge in [-0.15, -0.1) is 0 Å². The molecule has 3 rings (SSSR count). The molecular weight excluding hydrogens is 325 g/mol. The van der Waals surface area contributed by atoms with Crippen LogP contribution in [0.3, 0.4) is 0 Å². The molecule has 0 spiro atoms. The van der Waals surface area contributed by atoms with Crippen LogP contribution in [0.2, 0.25) is 0 Å². The van der Waals surface area contributed by atoms with Crippen molar-refractivity contribution in [2.75, 3.05) is 11.9 Å². The number of halogens is 1. The first-order valence-electron chi connectivity index (χ1n) is 8.08. The van der Waals surface area contributed by atoms with Gasteiger partial charge in [0.2, 0.25) is 0 Å². The van der Waals surface area contributed by atoms with Gasteiger partial charge in [0.1, 0.15) is 17.7 Å². The van der Waals surface area contributed by atoms with E-state index in [0.717, 1.165) is 16.6 Å². The van der Waals surface area contributed by atoms with Crippen molar-refractivity contribution in [3.63, 3.8) is 0 Å². The smallest absolute Gasteiger partial charge is 0.254 e. The summed E-state index contributed by atoms with van der Waals surface area (Å²) in [4.78, 5) is 12.1. The van der Waals surface area contributed by atoms with Crippen LogP contribution in [0.5, 0.6) is 0 Å². The number of H-pyrrole nitrogens is 1. The Morgan fingerprint density at radius 3 is 2.80 bits per heavy atom. The molecule has 132 valence electrons. The van der Waals surface area contributed by atoms with Crippen LogP contribution in [0.4, 0.5) is 10.2 Å². The van der Waals surface area contributed by atoms with Crippen molar-refractivity contribution in [1.82, 2.24) is 20.0 Å². The van der Waals surface area contributed by atoms with Crippen molar-refractivity contribution >= 4 is 22.8 Å². The van der Waals surface area contributed by atoms with E-state index in [4.69, 9.17) is 4.74 Å². The lowest BCUT2D eigenvalue weighted by Gasteiger charge is -2.10. The second kappa shape index (κ2) is 7.02. The molecule has 1 amide bonds. The van der Waals surface area contributed by atoms with E-state index in [9.17, 15) is 9.18 Å². The van der Waals surface area contributed by atoms with Crippen molar-refractivity contribution < 1.29 is 13.9 Å². The summed E-state index contributed by atoms with van der Waals surface area (Å²) in [5.41, 5.74) is 2.27. The average molecular weight is 345 g/mol. The zero-order chi connectivity index (χ0) is 18.0. The summed E-state index contributed by atoms with van der Waals surface area (Å²) in [5.74, 6) is -0.0359. The van der Waals surface area contributed by atoms with Gasteiger partial charge in [0, 0.05) is 6.61 Å². The molecule has 8 heteroatoms. The van der Waals surface area contributed by atoms with E-state index in [1.54, 1.807) is 23.7 Å². The van der Waals surface area contributed by atoms with Crippen LogP contribution in [0.25, 0.3) is 11.0 Å². The molecular formula is C17H20FN5O2. The standard InChI is InChI=1S/C17H20FN5O2/c1-4-25-11(3)17(24)19-15-14-10(2)22-23(16(14)21-20-15)9-12-5-7-13(18)8-6-12/h5-8,11H,4,9H2,1-3H3,(H2,19,20,21,24)/t11-/m1/s1. The summed E-state index contributed by atoms with van der Waals surface area (Å²) < 4.78 is 20.0. The maximum atomic E-state index is 13.0. The Bertz CT molecular complexity index is 884. The first-order chi connectivity index (χ1) is 12.0. The van der Waals surface area contributed by atoms with Crippen LogP contribution in [0.1, 0.15) is 25.1 Å². The molecule has 0 saturated heterocycles. The van der Waals surface area contributed by atoms with Crippen molar-refractivity contribution in [3.8, 4) is 0 Å². The van der Waals surface area contributed by atoms with E-state index in [-0.39, 0.29) is 11.7 Å². The number of fused-ring (bicyclic) bond motifs is 1. The Balaban J connectivity index is 1.85. The molecule has 7 nitrogen and oxygen atoms in total. The van der Waals surface area contributed by atoms with Crippen LogP contribution in [-0.2, 0) is 16.1 Å². The fourth-order valence-corrected chi connectivity index (χ4v) is 2.65. The molecule has 2 heterocycles. The van der Waals surface area contributed by atoms with Crippen LogP contribution >= 0.6 is 0 Å². The molecule has 3 aromatic rings. The van der Waals surface area contributed by atoms with Crippen molar-refractivity contribution in [2.24, 2.45) is 0 Å². The first-order valence-corrected chi connectivity index (χ1v) is 8.08. The van der Waals surface area contributed by atoms with Crippen LogP contribution in [-0.4, -0.2) is 38.6 Å². The summed E-state index contributed by atoms with van der Waals surface area (Å²) in [6, 6.07) is 6.23. The van der Waals surface area contributed by atoms with Crippen molar-refractivity contribution in [3.05, 3.63) is 41.3 Å². The summed E-state index contributed by atoms with van der Waals surface area (Å²) in [5, 5.41) is 15.1. The highest BCUT2D eigenvalue weighted by atomic mass is 19.1. The molecule has 1 atom stereocenters. The van der Waals surface area contributed by atoms with Crippen LogP contribution < -0.4 is 5.32 Å². The third-order valence-corrected chi connectivity index (χ3v) is 3.90. The minimum atomic E-state index is -0.557. The number of carbonyl (C=O) groups is 1. The molecule has 0 saturated carbocycles. The van der Waals surface area contributed by atoms with E-state index in [2.05, 4.69) is 20.6 Å². The number of carbonyl (C=O) groups excluding carboxylic acids is 1. The molecule has 0 radical (unpaired) electrons. The molecule has 2 aromatic heterocycles. The molecule has 0 fully saturated rings. The van der Waals surface area contributed by atoms with Crippen molar-refractivity contribution in [1.29, 1.82) is 0 Å². The Morgan fingerprint density at radius 1 is 1.40 bits per heavy atom. The molecule has 0 bridgehead atoms. The number of nitrogens with zero attached hydrogens (tertiary/aromatic N) is 3. The van der Waals surface area contributed by atoms with Gasteiger partial charge in [-0.25, -0.2) is 9.07 Å². The van der Waals surface area contributed by atoms with E-state index in [1.807, 2.05) is 13.8 Å². The highest BCUT2D eigenvalue weighted by molar-refractivity contribution is 6.01. The summed E-state index contributed by atoms with van der Waals surface area (Å²) in [6.07, 6.45) is -0.557. The Hall–Kier alpha value is -2.74. The van der Waals surface area contributed by atoms with Gasteiger partial charge in [-0.3, -0.25) is 9.89 Å². The monoisotopic (exact) mass is 345 g/mol. The number of aryl methyl sites for hydroxylation is 1. The van der Waals surface area contributed by atoms with E-state index in [1.165, 1.54) is 12.1 Å². The van der Waals surface area contributed by atoms with Gasteiger partial charge in [-0.2, -0.15) is 10.2 Å². The normalized spacial score (nSPS) is 12.5. The van der Waals surface area contributed by atoms with E-state index >= 15 is 0 Å². The van der Waals surface area contributed by atoms with Crippen LogP contribution in [0, 0.1) is 12.7 Å². The third kappa shape index (κ3) is 3.53. The maximum Gasteiger partial charge on any atom is 0.254 e. The molecule has 1 aromatic carbocycles. The largest absolute Gasteiger partial charge is 0.369 e. The predicted octanol–water partition coefficient (Wildman–Crippen LogP) is 2.62. The minimum Gasteiger partial charge on any atom is -0.369 e. The maximum absolute atomic E-state index is 13.0. The molecule has 25 heavy (non-hydrogen) atoms. The quantitative estimate of drug-likeness (QED) is 0.719. The highest BCUT2D eigenvalue weighted by Gasteiger charge is 2.19. The summed E-state index contributed by atoms with van der Waals surface area (Å²) in [6.45, 7) is 6.29. The zero-order valence-corrected chi connectivity index (χ0v) is 14.3. The highest BCUT2D eigenvalue weighted by Crippen LogP contribution is 2.24. The number of amides is 1. The number of rotatable bonds is 6. The summed E-state index contributed by atoms with van der Waals surface area (Å²) in [7, 11) is 0.